The van der Waals surface area contributed by atoms with E-state index in [-0.39, 0.29) is 0 Å². The SMILES string of the molecule is COc1ccccc1CN1CCc2ncnc(N3CCN(C4CCC4)CC3)c2CC1. The molecule has 1 saturated heterocycles. The van der Waals surface area contributed by atoms with Gasteiger partial charge >= 0.3 is 0 Å². The highest BCUT2D eigenvalue weighted by Crippen LogP contribution is 2.29. The van der Waals surface area contributed by atoms with Crippen molar-refractivity contribution in [2.24, 2.45) is 0 Å². The summed E-state index contributed by atoms with van der Waals surface area (Å²) in [6, 6.07) is 9.20. The Hall–Kier alpha value is -2.18. The summed E-state index contributed by atoms with van der Waals surface area (Å²) in [5.41, 5.74) is 3.87. The van der Waals surface area contributed by atoms with Crippen LogP contribution in [0.4, 0.5) is 5.82 Å². The maximum atomic E-state index is 5.56. The average Bonchev–Trinajstić information content (AvgIpc) is 2.96. The number of piperazine rings is 1. The number of rotatable bonds is 5. The van der Waals surface area contributed by atoms with Crippen molar-refractivity contribution >= 4 is 5.82 Å². The van der Waals surface area contributed by atoms with Crippen molar-refractivity contribution in [3.63, 3.8) is 0 Å². The van der Waals surface area contributed by atoms with Crippen LogP contribution in [0.5, 0.6) is 5.75 Å². The van der Waals surface area contributed by atoms with Gasteiger partial charge in [0.1, 0.15) is 17.9 Å². The van der Waals surface area contributed by atoms with Gasteiger partial charge in [0.05, 0.1) is 12.8 Å². The number of para-hydroxylation sites is 1. The lowest BCUT2D eigenvalue weighted by molar-refractivity contribution is 0.120. The van der Waals surface area contributed by atoms with Gasteiger partial charge in [0.25, 0.3) is 0 Å². The van der Waals surface area contributed by atoms with Crippen LogP contribution in [0, 0.1) is 0 Å². The van der Waals surface area contributed by atoms with Gasteiger partial charge in [0.15, 0.2) is 0 Å². The van der Waals surface area contributed by atoms with Crippen LogP contribution >= 0.6 is 0 Å². The molecule has 0 N–H and O–H groups in total. The molecule has 1 aromatic heterocycles. The van der Waals surface area contributed by atoms with Crippen molar-refractivity contribution in [2.75, 3.05) is 51.3 Å². The van der Waals surface area contributed by atoms with Gasteiger partial charge in [-0.05, 0) is 25.3 Å². The summed E-state index contributed by atoms with van der Waals surface area (Å²) in [5, 5.41) is 0. The van der Waals surface area contributed by atoms with E-state index < -0.39 is 0 Å². The Balaban J connectivity index is 1.26. The lowest BCUT2D eigenvalue weighted by Crippen LogP contribution is -2.52. The molecule has 0 bridgehead atoms. The first-order valence-electron chi connectivity index (χ1n) is 11.5. The first kappa shape index (κ1) is 19.8. The molecule has 2 aromatic rings. The smallest absolute Gasteiger partial charge is 0.135 e. The Bertz CT molecular complexity index is 860. The van der Waals surface area contributed by atoms with Crippen LogP contribution < -0.4 is 9.64 Å². The van der Waals surface area contributed by atoms with E-state index in [0.717, 1.165) is 57.4 Å². The number of nitrogens with zero attached hydrogens (tertiary/aromatic N) is 5. The number of hydrogen-bond donors (Lipinski definition) is 0. The summed E-state index contributed by atoms with van der Waals surface area (Å²) in [6.07, 6.45) is 7.99. The van der Waals surface area contributed by atoms with Crippen LogP contribution in [0.2, 0.25) is 0 Å². The predicted octanol–water partition coefficient (Wildman–Crippen LogP) is 2.76. The lowest BCUT2D eigenvalue weighted by atomic mass is 9.91. The highest BCUT2D eigenvalue weighted by Gasteiger charge is 2.30. The molecule has 1 aromatic carbocycles. The van der Waals surface area contributed by atoms with Gasteiger partial charge in [0, 0.05) is 69.4 Å². The van der Waals surface area contributed by atoms with E-state index in [4.69, 9.17) is 9.72 Å². The fourth-order valence-electron chi connectivity index (χ4n) is 5.11. The largest absolute Gasteiger partial charge is 0.496 e. The minimum Gasteiger partial charge on any atom is -0.496 e. The minimum absolute atomic E-state index is 0.846. The van der Waals surface area contributed by atoms with E-state index in [1.165, 1.54) is 55.0 Å². The molecule has 30 heavy (non-hydrogen) atoms. The van der Waals surface area contributed by atoms with Crippen LogP contribution in [0.15, 0.2) is 30.6 Å². The highest BCUT2D eigenvalue weighted by molar-refractivity contribution is 5.50. The number of aromatic nitrogens is 2. The standard InChI is InChI=1S/C24H33N5O/c1-30-23-8-3-2-5-19(23)17-27-11-9-21-22(10-12-27)25-18-26-24(21)29-15-13-28(14-16-29)20-6-4-7-20/h2-3,5,8,18,20H,4,6-7,9-17H2,1H3. The number of fused-ring (bicyclic) bond motifs is 1. The molecule has 160 valence electrons. The third-order valence-corrected chi connectivity index (χ3v) is 7.15. The zero-order valence-electron chi connectivity index (χ0n) is 18.1. The average molecular weight is 408 g/mol. The van der Waals surface area contributed by atoms with Crippen molar-refractivity contribution in [3.05, 3.63) is 47.4 Å². The minimum atomic E-state index is 0.846. The van der Waals surface area contributed by atoms with E-state index in [2.05, 4.69) is 37.9 Å². The van der Waals surface area contributed by atoms with Gasteiger partial charge < -0.3 is 9.64 Å². The van der Waals surface area contributed by atoms with Gasteiger partial charge in [-0.1, -0.05) is 24.6 Å². The molecule has 6 nitrogen and oxygen atoms in total. The monoisotopic (exact) mass is 407 g/mol. The fourth-order valence-corrected chi connectivity index (χ4v) is 5.11. The number of benzene rings is 1. The van der Waals surface area contributed by atoms with E-state index in [0.29, 0.717) is 0 Å². The van der Waals surface area contributed by atoms with Gasteiger partial charge in [-0.25, -0.2) is 9.97 Å². The molecule has 0 unspecified atom stereocenters. The topological polar surface area (TPSA) is 44.7 Å². The Morgan fingerprint density at radius 1 is 0.967 bits per heavy atom. The van der Waals surface area contributed by atoms with Crippen LogP contribution in [0.1, 0.15) is 36.1 Å². The third-order valence-electron chi connectivity index (χ3n) is 7.15. The zero-order chi connectivity index (χ0) is 20.3. The first-order chi connectivity index (χ1) is 14.8. The van der Waals surface area contributed by atoms with E-state index in [9.17, 15) is 0 Å². The van der Waals surface area contributed by atoms with E-state index >= 15 is 0 Å². The van der Waals surface area contributed by atoms with Crippen molar-refractivity contribution in [2.45, 2.75) is 44.7 Å². The fraction of sp³-hybridized carbons (Fsp3) is 0.583. The quantitative estimate of drug-likeness (QED) is 0.760. The van der Waals surface area contributed by atoms with Crippen molar-refractivity contribution in [1.29, 1.82) is 0 Å². The molecule has 5 rings (SSSR count). The molecule has 3 heterocycles. The molecule has 3 aliphatic rings. The van der Waals surface area contributed by atoms with Crippen LogP contribution in [-0.2, 0) is 19.4 Å². The molecule has 1 aliphatic carbocycles. The molecule has 0 atom stereocenters. The molecule has 0 radical (unpaired) electrons. The number of methoxy groups -OCH3 is 1. The molecule has 0 amide bonds. The maximum Gasteiger partial charge on any atom is 0.135 e. The number of hydrogen-bond acceptors (Lipinski definition) is 6. The molecule has 6 heteroatoms. The van der Waals surface area contributed by atoms with Crippen LogP contribution in [0.3, 0.4) is 0 Å². The second-order valence-corrected chi connectivity index (χ2v) is 8.82. The Morgan fingerprint density at radius 3 is 2.53 bits per heavy atom. The van der Waals surface area contributed by atoms with E-state index in [1.54, 1.807) is 13.4 Å². The Labute approximate surface area is 179 Å². The first-order valence-corrected chi connectivity index (χ1v) is 11.5. The van der Waals surface area contributed by atoms with Gasteiger partial charge in [-0.2, -0.15) is 0 Å². The summed E-state index contributed by atoms with van der Waals surface area (Å²) in [4.78, 5) is 17.2. The highest BCUT2D eigenvalue weighted by atomic mass is 16.5. The summed E-state index contributed by atoms with van der Waals surface area (Å²) in [5.74, 6) is 2.16. The summed E-state index contributed by atoms with van der Waals surface area (Å²) < 4.78 is 5.56. The van der Waals surface area contributed by atoms with Crippen LogP contribution in [0.25, 0.3) is 0 Å². The normalized spacial score (nSPS) is 21.0. The van der Waals surface area contributed by atoms with E-state index in [1.807, 2.05) is 6.07 Å². The lowest BCUT2D eigenvalue weighted by Gasteiger charge is -2.43. The summed E-state index contributed by atoms with van der Waals surface area (Å²) in [6.45, 7) is 7.49. The molecule has 2 fully saturated rings. The van der Waals surface area contributed by atoms with Crippen molar-refractivity contribution in [3.8, 4) is 5.75 Å². The van der Waals surface area contributed by atoms with Gasteiger partial charge in [-0.15, -0.1) is 0 Å². The molecule has 0 spiro atoms. The molecule has 2 aliphatic heterocycles. The number of ether oxygens (including phenoxy) is 1. The second kappa shape index (κ2) is 8.90. The Morgan fingerprint density at radius 2 is 1.77 bits per heavy atom. The molecular formula is C24H33N5O. The summed E-state index contributed by atoms with van der Waals surface area (Å²) in [7, 11) is 1.75. The van der Waals surface area contributed by atoms with Crippen molar-refractivity contribution < 1.29 is 4.74 Å². The maximum absolute atomic E-state index is 5.56. The number of anilines is 1. The predicted molar refractivity (Wildman–Crippen MR) is 119 cm³/mol. The van der Waals surface area contributed by atoms with Crippen LogP contribution in [-0.4, -0.2) is 72.2 Å². The third kappa shape index (κ3) is 4.03. The molecular weight excluding hydrogens is 374 g/mol. The Kier molecular flexibility index (Phi) is 5.86. The zero-order valence-corrected chi connectivity index (χ0v) is 18.1. The molecule has 1 saturated carbocycles. The summed E-state index contributed by atoms with van der Waals surface area (Å²) >= 11 is 0. The second-order valence-electron chi connectivity index (χ2n) is 8.82. The van der Waals surface area contributed by atoms with Crippen molar-refractivity contribution in [1.82, 2.24) is 19.8 Å². The van der Waals surface area contributed by atoms with Gasteiger partial charge in [-0.3, -0.25) is 9.80 Å². The van der Waals surface area contributed by atoms with Gasteiger partial charge in [0.2, 0.25) is 0 Å².